The minimum atomic E-state index is -0.414. The highest BCUT2D eigenvalue weighted by atomic mass is 16.3. The molecular formula is C19H19N3O3. The van der Waals surface area contributed by atoms with E-state index >= 15 is 0 Å². The van der Waals surface area contributed by atoms with Crippen LogP contribution in [0.15, 0.2) is 60.6 Å². The van der Waals surface area contributed by atoms with Crippen LogP contribution in [0.3, 0.4) is 0 Å². The Balaban J connectivity index is 1.72. The number of para-hydroxylation sites is 1. The van der Waals surface area contributed by atoms with Crippen LogP contribution >= 0.6 is 0 Å². The van der Waals surface area contributed by atoms with E-state index in [1.165, 1.54) is 11.6 Å². The predicted molar refractivity (Wildman–Crippen MR) is 93.6 cm³/mol. The molecule has 0 radical (unpaired) electrons. The number of aryl methyl sites for hydroxylation is 2. The SMILES string of the molecule is O=C1C=C(Nc2ccccc2CCc2ccncc2)C(=O)N1CCO. The lowest BCUT2D eigenvalue weighted by atomic mass is 10.0. The number of rotatable bonds is 7. The lowest BCUT2D eigenvalue weighted by Crippen LogP contribution is -2.34. The standard InChI is InChI=1S/C19H19N3O3/c23-12-11-22-18(24)13-17(19(22)25)21-16-4-2-1-3-15(16)6-5-14-7-9-20-10-8-14/h1-4,7-10,13,21,23H,5-6,11-12H2. The van der Waals surface area contributed by atoms with Gasteiger partial charge in [0.2, 0.25) is 0 Å². The summed E-state index contributed by atoms with van der Waals surface area (Å²) in [6.45, 7) is -0.246. The number of carbonyl (C=O) groups excluding carboxylic acids is 2. The fourth-order valence-corrected chi connectivity index (χ4v) is 2.74. The first-order valence-electron chi connectivity index (χ1n) is 8.11. The first kappa shape index (κ1) is 16.9. The zero-order chi connectivity index (χ0) is 17.6. The summed E-state index contributed by atoms with van der Waals surface area (Å²) >= 11 is 0. The fourth-order valence-electron chi connectivity index (χ4n) is 2.74. The molecule has 2 heterocycles. The Bertz CT molecular complexity index is 803. The lowest BCUT2D eigenvalue weighted by Gasteiger charge is -2.15. The number of benzene rings is 1. The summed E-state index contributed by atoms with van der Waals surface area (Å²) in [5, 5.41) is 12.0. The molecule has 6 heteroatoms. The van der Waals surface area contributed by atoms with Gasteiger partial charge < -0.3 is 10.4 Å². The van der Waals surface area contributed by atoms with Crippen molar-refractivity contribution < 1.29 is 14.7 Å². The number of amides is 2. The van der Waals surface area contributed by atoms with Crippen LogP contribution < -0.4 is 5.32 Å². The van der Waals surface area contributed by atoms with Gasteiger partial charge >= 0.3 is 0 Å². The van der Waals surface area contributed by atoms with E-state index in [1.807, 2.05) is 36.4 Å². The number of hydrogen-bond donors (Lipinski definition) is 2. The number of pyridine rings is 1. The van der Waals surface area contributed by atoms with E-state index < -0.39 is 11.8 Å². The molecule has 0 saturated heterocycles. The van der Waals surface area contributed by atoms with E-state index in [0.717, 1.165) is 29.0 Å². The first-order valence-corrected chi connectivity index (χ1v) is 8.11. The Morgan fingerprint density at radius 3 is 2.56 bits per heavy atom. The third-order valence-electron chi connectivity index (χ3n) is 4.05. The average Bonchev–Trinajstić information content (AvgIpc) is 2.90. The van der Waals surface area contributed by atoms with Gasteiger partial charge in [-0.15, -0.1) is 0 Å². The second-order valence-electron chi connectivity index (χ2n) is 5.71. The Kier molecular flexibility index (Phi) is 5.20. The van der Waals surface area contributed by atoms with Crippen LogP contribution in [0.2, 0.25) is 0 Å². The molecule has 0 atom stereocenters. The van der Waals surface area contributed by atoms with Crippen molar-refractivity contribution in [1.29, 1.82) is 0 Å². The Labute approximate surface area is 145 Å². The molecule has 1 aliphatic heterocycles. The van der Waals surface area contributed by atoms with Gasteiger partial charge in [-0.3, -0.25) is 19.5 Å². The molecule has 128 valence electrons. The van der Waals surface area contributed by atoms with Gasteiger partial charge in [-0.25, -0.2) is 0 Å². The zero-order valence-corrected chi connectivity index (χ0v) is 13.7. The molecule has 0 fully saturated rings. The van der Waals surface area contributed by atoms with Crippen LogP contribution in [0.4, 0.5) is 5.69 Å². The molecule has 0 bridgehead atoms. The number of hydrogen-bond acceptors (Lipinski definition) is 5. The Morgan fingerprint density at radius 1 is 1.04 bits per heavy atom. The molecule has 25 heavy (non-hydrogen) atoms. The molecule has 0 aliphatic carbocycles. The molecule has 1 aromatic heterocycles. The fraction of sp³-hybridized carbons (Fsp3) is 0.211. The molecular weight excluding hydrogens is 318 g/mol. The number of aromatic nitrogens is 1. The van der Waals surface area contributed by atoms with Crippen LogP contribution in [-0.2, 0) is 22.4 Å². The molecule has 2 aromatic rings. The normalized spacial score (nSPS) is 14.0. The molecule has 0 saturated carbocycles. The van der Waals surface area contributed by atoms with Crippen LogP contribution in [0.25, 0.3) is 0 Å². The number of nitrogens with zero attached hydrogens (tertiary/aromatic N) is 2. The predicted octanol–water partition coefficient (Wildman–Crippen LogP) is 1.52. The number of aliphatic hydroxyl groups is 1. The number of aliphatic hydroxyl groups excluding tert-OH is 1. The second-order valence-corrected chi connectivity index (χ2v) is 5.71. The highest BCUT2D eigenvalue weighted by molar-refractivity contribution is 6.17. The van der Waals surface area contributed by atoms with E-state index in [4.69, 9.17) is 5.11 Å². The van der Waals surface area contributed by atoms with Gasteiger partial charge in [0.15, 0.2) is 0 Å². The highest BCUT2D eigenvalue weighted by Crippen LogP contribution is 2.22. The van der Waals surface area contributed by atoms with E-state index in [9.17, 15) is 9.59 Å². The molecule has 2 N–H and O–H groups in total. The average molecular weight is 337 g/mol. The largest absolute Gasteiger partial charge is 0.395 e. The van der Waals surface area contributed by atoms with Crippen molar-refractivity contribution in [3.05, 3.63) is 71.7 Å². The zero-order valence-electron chi connectivity index (χ0n) is 13.7. The summed E-state index contributed by atoms with van der Waals surface area (Å²) in [5.74, 6) is -0.821. The highest BCUT2D eigenvalue weighted by Gasteiger charge is 2.30. The summed E-state index contributed by atoms with van der Waals surface area (Å²) in [5.41, 5.74) is 3.27. The molecule has 6 nitrogen and oxygen atoms in total. The van der Waals surface area contributed by atoms with E-state index in [1.54, 1.807) is 12.4 Å². The first-order chi connectivity index (χ1) is 12.2. The maximum Gasteiger partial charge on any atom is 0.277 e. The molecule has 3 rings (SSSR count). The third kappa shape index (κ3) is 3.92. The van der Waals surface area contributed by atoms with Gasteiger partial charge in [-0.1, -0.05) is 18.2 Å². The third-order valence-corrected chi connectivity index (χ3v) is 4.05. The summed E-state index contributed by atoms with van der Waals surface area (Å²) in [6.07, 6.45) is 6.45. The van der Waals surface area contributed by atoms with E-state index in [0.29, 0.717) is 0 Å². The van der Waals surface area contributed by atoms with Gasteiger partial charge in [0.1, 0.15) is 5.70 Å². The van der Waals surface area contributed by atoms with Crippen molar-refractivity contribution in [1.82, 2.24) is 9.88 Å². The van der Waals surface area contributed by atoms with Gasteiger partial charge in [0.05, 0.1) is 13.2 Å². The van der Waals surface area contributed by atoms with Crippen LogP contribution in [0.5, 0.6) is 0 Å². The number of anilines is 1. The number of carbonyl (C=O) groups is 2. The van der Waals surface area contributed by atoms with Crippen LogP contribution in [-0.4, -0.2) is 40.0 Å². The lowest BCUT2D eigenvalue weighted by molar-refractivity contribution is -0.137. The monoisotopic (exact) mass is 337 g/mol. The smallest absolute Gasteiger partial charge is 0.277 e. The molecule has 1 aromatic carbocycles. The Hall–Kier alpha value is -2.99. The summed E-state index contributed by atoms with van der Waals surface area (Å²) in [4.78, 5) is 29.1. The molecule has 0 unspecified atom stereocenters. The molecule has 2 amide bonds. The second kappa shape index (κ2) is 7.72. The Morgan fingerprint density at radius 2 is 1.80 bits per heavy atom. The van der Waals surface area contributed by atoms with Gasteiger partial charge in [-0.05, 0) is 42.2 Å². The van der Waals surface area contributed by atoms with Crippen molar-refractivity contribution >= 4 is 17.5 Å². The van der Waals surface area contributed by atoms with Crippen molar-refractivity contribution in [2.24, 2.45) is 0 Å². The van der Waals surface area contributed by atoms with Gasteiger partial charge in [-0.2, -0.15) is 0 Å². The quantitative estimate of drug-likeness (QED) is 0.749. The van der Waals surface area contributed by atoms with Crippen LogP contribution in [0.1, 0.15) is 11.1 Å². The maximum atomic E-state index is 12.3. The molecule has 1 aliphatic rings. The van der Waals surface area contributed by atoms with E-state index in [-0.39, 0.29) is 18.8 Å². The van der Waals surface area contributed by atoms with Crippen molar-refractivity contribution in [3.63, 3.8) is 0 Å². The van der Waals surface area contributed by atoms with Gasteiger partial charge in [0, 0.05) is 24.2 Å². The minimum Gasteiger partial charge on any atom is -0.395 e. The van der Waals surface area contributed by atoms with Crippen molar-refractivity contribution in [2.75, 3.05) is 18.5 Å². The summed E-state index contributed by atoms with van der Waals surface area (Å²) in [6, 6.07) is 11.7. The van der Waals surface area contributed by atoms with Gasteiger partial charge in [0.25, 0.3) is 11.8 Å². The van der Waals surface area contributed by atoms with Crippen LogP contribution in [0, 0.1) is 0 Å². The number of nitrogens with one attached hydrogen (secondary N) is 1. The minimum absolute atomic E-state index is 0.00301. The van der Waals surface area contributed by atoms with E-state index in [2.05, 4.69) is 10.3 Å². The number of imide groups is 1. The summed E-state index contributed by atoms with van der Waals surface area (Å²) < 4.78 is 0. The van der Waals surface area contributed by atoms with Crippen molar-refractivity contribution in [2.45, 2.75) is 12.8 Å². The maximum absolute atomic E-state index is 12.3. The topological polar surface area (TPSA) is 82.5 Å². The number of β-amino-alcohol motifs (C(OH)–C–C–N with tert-alkyl or cyclic N) is 1. The van der Waals surface area contributed by atoms with Crippen molar-refractivity contribution in [3.8, 4) is 0 Å². The summed E-state index contributed by atoms with van der Waals surface area (Å²) in [7, 11) is 0. The molecule has 0 spiro atoms.